The van der Waals surface area contributed by atoms with Gasteiger partial charge in [-0.3, -0.25) is 9.78 Å². The number of amides is 1. The molecule has 5 nitrogen and oxygen atoms in total. The van der Waals surface area contributed by atoms with E-state index in [-0.39, 0.29) is 12.5 Å². The van der Waals surface area contributed by atoms with E-state index in [1.807, 2.05) is 11.0 Å². The Kier molecular flexibility index (Phi) is 5.32. The number of rotatable bonds is 6. The van der Waals surface area contributed by atoms with Gasteiger partial charge in [0.15, 0.2) is 0 Å². The summed E-state index contributed by atoms with van der Waals surface area (Å²) >= 11 is 0. The first-order valence-electron chi connectivity index (χ1n) is 5.74. The van der Waals surface area contributed by atoms with E-state index >= 15 is 0 Å². The molecule has 0 spiro atoms. The van der Waals surface area contributed by atoms with Gasteiger partial charge in [0, 0.05) is 39.1 Å². The zero-order valence-corrected chi connectivity index (χ0v) is 10.8. The molecule has 1 aromatic heterocycles. The van der Waals surface area contributed by atoms with E-state index in [2.05, 4.69) is 11.6 Å². The second-order valence-corrected chi connectivity index (χ2v) is 4.06. The monoisotopic (exact) mass is 249 g/mol. The minimum Gasteiger partial charge on any atom is -0.395 e. The molecule has 0 aliphatic carbocycles. The third-order valence-corrected chi connectivity index (χ3v) is 2.45. The highest BCUT2D eigenvalue weighted by molar-refractivity contribution is 5.92. The van der Waals surface area contributed by atoms with Crippen molar-refractivity contribution < 1.29 is 9.90 Å². The van der Waals surface area contributed by atoms with Crippen LogP contribution in [0.2, 0.25) is 0 Å². The van der Waals surface area contributed by atoms with Crippen molar-refractivity contribution in [2.45, 2.75) is 0 Å². The van der Waals surface area contributed by atoms with Crippen molar-refractivity contribution in [2.24, 2.45) is 0 Å². The summed E-state index contributed by atoms with van der Waals surface area (Å²) in [7, 11) is 3.37. The lowest BCUT2D eigenvalue weighted by atomic mass is 10.2. The van der Waals surface area contributed by atoms with Crippen LogP contribution in [0.1, 0.15) is 10.5 Å². The second kappa shape index (κ2) is 6.76. The smallest absolute Gasteiger partial charge is 0.272 e. The Hall–Kier alpha value is -1.88. The maximum atomic E-state index is 11.8. The first-order valence-corrected chi connectivity index (χ1v) is 5.74. The molecule has 5 heteroatoms. The Balaban J connectivity index is 2.98. The molecule has 0 fully saturated rings. The highest BCUT2D eigenvalue weighted by Crippen LogP contribution is 2.15. The first-order chi connectivity index (χ1) is 8.60. The molecule has 1 rings (SSSR count). The normalized spacial score (nSPS) is 9.94. The standard InChI is InChI=1S/C13H19N3O2/c1-4-7-16(8-9-17)11-5-6-14-12(10-11)13(18)15(2)3/h4-6,10,17H,1,7-9H2,2-3H3. The van der Waals surface area contributed by atoms with Crippen molar-refractivity contribution in [3.8, 4) is 0 Å². The number of hydrogen-bond donors (Lipinski definition) is 1. The number of aliphatic hydroxyl groups excluding tert-OH is 1. The predicted molar refractivity (Wildman–Crippen MR) is 71.8 cm³/mol. The van der Waals surface area contributed by atoms with Gasteiger partial charge in [0.2, 0.25) is 0 Å². The molecule has 0 aliphatic rings. The van der Waals surface area contributed by atoms with Crippen molar-refractivity contribution in [1.82, 2.24) is 9.88 Å². The van der Waals surface area contributed by atoms with E-state index in [9.17, 15) is 4.79 Å². The molecule has 1 heterocycles. The number of nitrogens with zero attached hydrogens (tertiary/aromatic N) is 3. The van der Waals surface area contributed by atoms with Crippen LogP contribution < -0.4 is 4.90 Å². The van der Waals surface area contributed by atoms with Crippen LogP contribution in [0, 0.1) is 0 Å². The molecule has 0 saturated carbocycles. The lowest BCUT2D eigenvalue weighted by Gasteiger charge is -2.22. The first kappa shape index (κ1) is 14.2. The average molecular weight is 249 g/mol. The molecule has 1 amide bonds. The summed E-state index contributed by atoms with van der Waals surface area (Å²) in [6.07, 6.45) is 3.35. The van der Waals surface area contributed by atoms with Crippen LogP contribution in [0.5, 0.6) is 0 Å². The van der Waals surface area contributed by atoms with Gasteiger partial charge in [-0.2, -0.15) is 0 Å². The van der Waals surface area contributed by atoms with Gasteiger partial charge in [0.1, 0.15) is 5.69 Å². The SMILES string of the molecule is C=CCN(CCO)c1ccnc(C(=O)N(C)C)c1. The number of hydrogen-bond acceptors (Lipinski definition) is 4. The van der Waals surface area contributed by atoms with Gasteiger partial charge in [0.05, 0.1) is 6.61 Å². The molecule has 0 saturated heterocycles. The molecule has 0 atom stereocenters. The third kappa shape index (κ3) is 3.56. The van der Waals surface area contributed by atoms with E-state index in [1.54, 1.807) is 32.4 Å². The highest BCUT2D eigenvalue weighted by Gasteiger charge is 2.12. The number of pyridine rings is 1. The molecule has 0 bridgehead atoms. The Labute approximate surface area is 107 Å². The summed E-state index contributed by atoms with van der Waals surface area (Å²) in [6.45, 7) is 4.83. The summed E-state index contributed by atoms with van der Waals surface area (Å²) in [5, 5.41) is 9.02. The molecule has 0 unspecified atom stereocenters. The quantitative estimate of drug-likeness (QED) is 0.757. The number of carbonyl (C=O) groups excluding carboxylic acids is 1. The van der Waals surface area contributed by atoms with Gasteiger partial charge in [0.25, 0.3) is 5.91 Å². The van der Waals surface area contributed by atoms with Crippen molar-refractivity contribution in [1.29, 1.82) is 0 Å². The zero-order valence-electron chi connectivity index (χ0n) is 10.8. The van der Waals surface area contributed by atoms with Crippen LogP contribution in [0.25, 0.3) is 0 Å². The molecular weight excluding hydrogens is 230 g/mol. The van der Waals surface area contributed by atoms with Crippen molar-refractivity contribution in [3.05, 3.63) is 36.7 Å². The Morgan fingerprint density at radius 3 is 2.83 bits per heavy atom. The molecule has 18 heavy (non-hydrogen) atoms. The molecule has 0 aliphatic heterocycles. The van der Waals surface area contributed by atoms with E-state index < -0.39 is 0 Å². The number of anilines is 1. The lowest BCUT2D eigenvalue weighted by Crippen LogP contribution is -2.28. The van der Waals surface area contributed by atoms with E-state index in [1.165, 1.54) is 4.90 Å². The van der Waals surface area contributed by atoms with E-state index in [4.69, 9.17) is 5.11 Å². The van der Waals surface area contributed by atoms with Crippen LogP contribution in [0.4, 0.5) is 5.69 Å². The maximum absolute atomic E-state index is 11.8. The molecule has 98 valence electrons. The van der Waals surface area contributed by atoms with E-state index in [0.717, 1.165) is 5.69 Å². The van der Waals surface area contributed by atoms with Crippen molar-refractivity contribution in [3.63, 3.8) is 0 Å². The number of carbonyl (C=O) groups is 1. The highest BCUT2D eigenvalue weighted by atomic mass is 16.3. The Morgan fingerprint density at radius 2 is 2.28 bits per heavy atom. The minimum absolute atomic E-state index is 0.0487. The van der Waals surface area contributed by atoms with Gasteiger partial charge in [-0.25, -0.2) is 0 Å². The van der Waals surface area contributed by atoms with E-state index in [0.29, 0.717) is 18.8 Å². The van der Waals surface area contributed by atoms with Gasteiger partial charge in [-0.15, -0.1) is 6.58 Å². The minimum atomic E-state index is -0.139. The molecule has 0 aromatic carbocycles. The molecule has 1 N–H and O–H groups in total. The molecular formula is C13H19N3O2. The van der Waals surface area contributed by atoms with Crippen molar-refractivity contribution in [2.75, 3.05) is 38.7 Å². The Bertz CT molecular complexity index is 418. The lowest BCUT2D eigenvalue weighted by molar-refractivity contribution is 0.0822. The number of aliphatic hydroxyl groups is 1. The third-order valence-electron chi connectivity index (χ3n) is 2.45. The Morgan fingerprint density at radius 1 is 1.56 bits per heavy atom. The fourth-order valence-corrected chi connectivity index (χ4v) is 1.56. The van der Waals surface area contributed by atoms with Crippen LogP contribution >= 0.6 is 0 Å². The molecule has 1 aromatic rings. The summed E-state index contributed by atoms with van der Waals surface area (Å²) in [5.41, 5.74) is 1.24. The largest absolute Gasteiger partial charge is 0.395 e. The van der Waals surface area contributed by atoms with Crippen LogP contribution in [-0.4, -0.2) is 54.7 Å². The fraction of sp³-hybridized carbons (Fsp3) is 0.385. The van der Waals surface area contributed by atoms with Gasteiger partial charge >= 0.3 is 0 Å². The van der Waals surface area contributed by atoms with Gasteiger partial charge in [-0.05, 0) is 12.1 Å². The van der Waals surface area contributed by atoms with Crippen LogP contribution in [0.15, 0.2) is 31.0 Å². The summed E-state index contributed by atoms with van der Waals surface area (Å²) in [5.74, 6) is -0.139. The summed E-state index contributed by atoms with van der Waals surface area (Å²) in [4.78, 5) is 19.3. The molecule has 0 radical (unpaired) electrons. The second-order valence-electron chi connectivity index (χ2n) is 4.06. The number of aromatic nitrogens is 1. The topological polar surface area (TPSA) is 56.7 Å². The maximum Gasteiger partial charge on any atom is 0.272 e. The van der Waals surface area contributed by atoms with Crippen molar-refractivity contribution >= 4 is 11.6 Å². The fourth-order valence-electron chi connectivity index (χ4n) is 1.56. The van der Waals surface area contributed by atoms with Gasteiger partial charge < -0.3 is 14.9 Å². The van der Waals surface area contributed by atoms with Crippen LogP contribution in [0.3, 0.4) is 0 Å². The summed E-state index contributed by atoms with van der Waals surface area (Å²) in [6, 6.07) is 3.53. The van der Waals surface area contributed by atoms with Crippen LogP contribution in [-0.2, 0) is 0 Å². The predicted octanol–water partition coefficient (Wildman–Crippen LogP) is 0.768. The average Bonchev–Trinajstić information content (AvgIpc) is 2.37. The zero-order chi connectivity index (χ0) is 13.5. The summed E-state index contributed by atoms with van der Waals surface area (Å²) < 4.78 is 0. The van der Waals surface area contributed by atoms with Gasteiger partial charge in [-0.1, -0.05) is 6.08 Å².